The molecule has 1 amide bonds. The highest BCUT2D eigenvalue weighted by molar-refractivity contribution is 8.00. The first-order valence-corrected chi connectivity index (χ1v) is 10.1. The second-order valence-corrected chi connectivity index (χ2v) is 7.97. The van der Waals surface area contributed by atoms with Crippen LogP contribution in [0.3, 0.4) is 0 Å². The smallest absolute Gasteiger partial charge is 0.233 e. The topological polar surface area (TPSA) is 59.8 Å². The number of hydrogen-bond acceptors (Lipinski definition) is 5. The summed E-state index contributed by atoms with van der Waals surface area (Å²) in [5.41, 5.74) is 1.01. The van der Waals surface area contributed by atoms with E-state index in [2.05, 4.69) is 20.1 Å². The Kier molecular flexibility index (Phi) is 4.85. The molecule has 0 spiro atoms. The van der Waals surface area contributed by atoms with E-state index >= 15 is 0 Å². The Morgan fingerprint density at radius 1 is 1.12 bits per heavy atom. The largest absolute Gasteiger partial charge is 0.355 e. The number of nitrogens with one attached hydrogen (secondary N) is 1. The summed E-state index contributed by atoms with van der Waals surface area (Å²) >= 11 is 3.14. The van der Waals surface area contributed by atoms with Crippen molar-refractivity contribution in [2.24, 2.45) is 0 Å². The average Bonchev–Trinajstić information content (AvgIpc) is 3.26. The third-order valence-corrected chi connectivity index (χ3v) is 6.20. The molecule has 0 aliphatic carbocycles. The van der Waals surface area contributed by atoms with E-state index in [0.717, 1.165) is 47.4 Å². The molecule has 1 atom stereocenters. The minimum absolute atomic E-state index is 0.0998. The third kappa shape index (κ3) is 3.48. The van der Waals surface area contributed by atoms with Gasteiger partial charge in [-0.05, 0) is 36.4 Å². The van der Waals surface area contributed by atoms with Crippen LogP contribution >= 0.6 is 23.1 Å². The van der Waals surface area contributed by atoms with Crippen molar-refractivity contribution in [1.29, 1.82) is 0 Å². The van der Waals surface area contributed by atoms with Crippen LogP contribution in [-0.4, -0.2) is 32.5 Å². The number of thioether (sulfide) groups is 1. The highest BCUT2D eigenvalue weighted by atomic mass is 32.2. The monoisotopic (exact) mass is 370 g/mol. The van der Waals surface area contributed by atoms with Crippen LogP contribution in [0, 0.1) is 0 Å². The Morgan fingerprint density at radius 3 is 2.80 bits per heavy atom. The Labute approximate surface area is 154 Å². The predicted octanol–water partition coefficient (Wildman–Crippen LogP) is 3.76. The summed E-state index contributed by atoms with van der Waals surface area (Å²) in [5, 5.41) is 14.5. The molecule has 1 N–H and O–H groups in total. The molecule has 1 aliphatic heterocycles. The molecule has 0 unspecified atom stereocenters. The van der Waals surface area contributed by atoms with Crippen LogP contribution in [0.25, 0.3) is 16.4 Å². The number of amides is 1. The normalized spacial score (nSPS) is 17.9. The molecule has 0 radical (unpaired) electrons. The van der Waals surface area contributed by atoms with Gasteiger partial charge in [-0.2, -0.15) is 0 Å². The lowest BCUT2D eigenvalue weighted by Gasteiger charge is -2.14. The highest BCUT2D eigenvalue weighted by Gasteiger charge is 2.26. The van der Waals surface area contributed by atoms with Gasteiger partial charge in [-0.25, -0.2) is 0 Å². The van der Waals surface area contributed by atoms with Crippen LogP contribution in [0.4, 0.5) is 0 Å². The van der Waals surface area contributed by atoms with Crippen molar-refractivity contribution >= 4 is 29.0 Å². The van der Waals surface area contributed by atoms with Crippen LogP contribution in [0.15, 0.2) is 53.0 Å². The van der Waals surface area contributed by atoms with Crippen molar-refractivity contribution < 1.29 is 4.79 Å². The van der Waals surface area contributed by atoms with E-state index in [0.29, 0.717) is 0 Å². The standard InChI is InChI=1S/C18H18N4OS2/c23-17-15(9-4-5-11-19-17)25-18-21-20-16(14-10-6-12-24-14)22(18)13-7-2-1-3-8-13/h1-3,6-8,10,12,15H,4-5,9,11H2,(H,19,23)/t15-/m1/s1. The number of hydrogen-bond donors (Lipinski definition) is 1. The van der Waals surface area contributed by atoms with Gasteiger partial charge in [0.25, 0.3) is 0 Å². The molecule has 0 saturated carbocycles. The number of rotatable bonds is 4. The lowest BCUT2D eigenvalue weighted by atomic mass is 10.2. The molecule has 0 bridgehead atoms. The number of carbonyl (C=O) groups is 1. The second-order valence-electron chi connectivity index (χ2n) is 5.85. The zero-order valence-electron chi connectivity index (χ0n) is 13.6. The van der Waals surface area contributed by atoms with Crippen LogP contribution in [0.5, 0.6) is 0 Å². The van der Waals surface area contributed by atoms with E-state index in [1.807, 2.05) is 47.8 Å². The summed E-state index contributed by atoms with van der Waals surface area (Å²) in [4.78, 5) is 13.4. The van der Waals surface area contributed by atoms with E-state index in [-0.39, 0.29) is 11.2 Å². The van der Waals surface area contributed by atoms with Crippen molar-refractivity contribution in [3.63, 3.8) is 0 Å². The fourth-order valence-electron chi connectivity index (χ4n) is 2.87. The molecule has 25 heavy (non-hydrogen) atoms. The molecular formula is C18H18N4OS2. The van der Waals surface area contributed by atoms with Crippen LogP contribution < -0.4 is 5.32 Å². The van der Waals surface area contributed by atoms with Crippen molar-refractivity contribution in [1.82, 2.24) is 20.1 Å². The lowest BCUT2D eigenvalue weighted by Crippen LogP contribution is -2.30. The molecule has 3 aromatic rings. The second kappa shape index (κ2) is 7.41. The summed E-state index contributed by atoms with van der Waals surface area (Å²) in [6, 6.07) is 14.1. The van der Waals surface area contributed by atoms with Gasteiger partial charge >= 0.3 is 0 Å². The third-order valence-electron chi connectivity index (χ3n) is 4.12. The summed E-state index contributed by atoms with van der Waals surface area (Å²) in [6.45, 7) is 0.766. The molecule has 1 fully saturated rings. The van der Waals surface area contributed by atoms with Gasteiger partial charge in [0.2, 0.25) is 5.91 Å². The molecule has 1 aromatic carbocycles. The molecule has 5 nitrogen and oxygen atoms in total. The summed E-state index contributed by atoms with van der Waals surface area (Å²) in [5.74, 6) is 0.917. The Hall–Kier alpha value is -2.12. The maximum Gasteiger partial charge on any atom is 0.233 e. The maximum absolute atomic E-state index is 12.3. The zero-order valence-corrected chi connectivity index (χ0v) is 15.2. The summed E-state index contributed by atoms with van der Waals surface area (Å²) in [6.07, 6.45) is 2.95. The van der Waals surface area contributed by atoms with Gasteiger partial charge in [0, 0.05) is 12.2 Å². The van der Waals surface area contributed by atoms with Gasteiger partial charge in [-0.1, -0.05) is 42.4 Å². The van der Waals surface area contributed by atoms with Gasteiger partial charge < -0.3 is 5.32 Å². The molecule has 2 aromatic heterocycles. The lowest BCUT2D eigenvalue weighted by molar-refractivity contribution is -0.120. The Bertz CT molecular complexity index is 845. The summed E-state index contributed by atoms with van der Waals surface area (Å²) in [7, 11) is 0. The van der Waals surface area contributed by atoms with Gasteiger partial charge in [-0.15, -0.1) is 21.5 Å². The molecule has 1 aliphatic rings. The first kappa shape index (κ1) is 16.4. The Balaban J connectivity index is 1.74. The van der Waals surface area contributed by atoms with E-state index in [1.54, 1.807) is 11.3 Å². The molecule has 128 valence electrons. The van der Waals surface area contributed by atoms with Crippen molar-refractivity contribution in [3.05, 3.63) is 47.8 Å². The van der Waals surface area contributed by atoms with Crippen LogP contribution in [0.2, 0.25) is 0 Å². The van der Waals surface area contributed by atoms with Gasteiger partial charge in [0.15, 0.2) is 11.0 Å². The molecular weight excluding hydrogens is 352 g/mol. The van der Waals surface area contributed by atoms with Crippen molar-refractivity contribution in [2.45, 2.75) is 29.7 Å². The molecule has 7 heteroatoms. The van der Waals surface area contributed by atoms with Crippen molar-refractivity contribution in [3.8, 4) is 16.4 Å². The quantitative estimate of drug-likeness (QED) is 0.760. The predicted molar refractivity (Wildman–Crippen MR) is 101 cm³/mol. The maximum atomic E-state index is 12.3. The minimum Gasteiger partial charge on any atom is -0.355 e. The number of nitrogens with zero attached hydrogens (tertiary/aromatic N) is 3. The van der Waals surface area contributed by atoms with Gasteiger partial charge in [-0.3, -0.25) is 9.36 Å². The fraction of sp³-hybridized carbons (Fsp3) is 0.278. The number of thiophene rings is 1. The summed E-state index contributed by atoms with van der Waals surface area (Å²) < 4.78 is 2.05. The van der Waals surface area contributed by atoms with E-state index in [9.17, 15) is 4.79 Å². The number of aromatic nitrogens is 3. The van der Waals surface area contributed by atoms with Crippen molar-refractivity contribution in [2.75, 3.05) is 6.54 Å². The number of benzene rings is 1. The number of para-hydroxylation sites is 1. The van der Waals surface area contributed by atoms with E-state index < -0.39 is 0 Å². The zero-order chi connectivity index (χ0) is 17.1. The number of carbonyl (C=O) groups excluding carboxylic acids is 1. The Morgan fingerprint density at radius 2 is 2.00 bits per heavy atom. The minimum atomic E-state index is -0.120. The molecule has 4 rings (SSSR count). The van der Waals surface area contributed by atoms with Gasteiger partial charge in [0.1, 0.15) is 0 Å². The van der Waals surface area contributed by atoms with Crippen LogP contribution in [0.1, 0.15) is 19.3 Å². The molecule has 1 saturated heterocycles. The average molecular weight is 371 g/mol. The van der Waals surface area contributed by atoms with Gasteiger partial charge in [0.05, 0.1) is 10.1 Å². The first-order valence-electron chi connectivity index (χ1n) is 8.32. The fourth-order valence-corrected chi connectivity index (χ4v) is 4.69. The van der Waals surface area contributed by atoms with E-state index in [1.165, 1.54) is 11.8 Å². The highest BCUT2D eigenvalue weighted by Crippen LogP contribution is 2.33. The van der Waals surface area contributed by atoms with Crippen LogP contribution in [-0.2, 0) is 4.79 Å². The first-order chi connectivity index (χ1) is 12.3. The SMILES string of the molecule is O=C1NCCCC[C@H]1Sc1nnc(-c2cccs2)n1-c1ccccc1. The molecule has 3 heterocycles. The van der Waals surface area contributed by atoms with E-state index in [4.69, 9.17) is 0 Å².